The molecule has 76 valence electrons. The average Bonchev–Trinajstić information content (AvgIpc) is 2.19. The summed E-state index contributed by atoms with van der Waals surface area (Å²) in [6, 6.07) is 5.79. The molecule has 0 atom stereocenters. The molecule has 14 heavy (non-hydrogen) atoms. The van der Waals surface area contributed by atoms with E-state index in [1.54, 1.807) is 6.20 Å². The Bertz CT molecular complexity index is 286. The van der Waals surface area contributed by atoms with Gasteiger partial charge in [0.25, 0.3) is 0 Å². The summed E-state index contributed by atoms with van der Waals surface area (Å²) in [5.74, 6) is 0. The number of thiocarbonyl (C=S) groups is 1. The van der Waals surface area contributed by atoms with E-state index in [0.717, 1.165) is 5.69 Å². The van der Waals surface area contributed by atoms with E-state index in [0.29, 0.717) is 11.7 Å². The van der Waals surface area contributed by atoms with Gasteiger partial charge in [-0.25, -0.2) is 5.43 Å². The van der Waals surface area contributed by atoms with Gasteiger partial charge in [-0.1, -0.05) is 6.07 Å². The van der Waals surface area contributed by atoms with E-state index in [2.05, 4.69) is 15.8 Å². The van der Waals surface area contributed by atoms with Gasteiger partial charge in [0.2, 0.25) is 0 Å². The summed E-state index contributed by atoms with van der Waals surface area (Å²) in [6.07, 6.45) is 1.77. The van der Waals surface area contributed by atoms with E-state index in [9.17, 15) is 0 Å². The van der Waals surface area contributed by atoms with Crippen LogP contribution in [0.3, 0.4) is 0 Å². The number of hydrogen-bond donors (Lipinski definition) is 2. The molecule has 0 aliphatic rings. The fourth-order valence-electron chi connectivity index (χ4n) is 0.825. The first kappa shape index (κ1) is 10.9. The molecule has 0 aliphatic heterocycles. The van der Waals surface area contributed by atoms with Crippen molar-refractivity contribution in [3.8, 4) is 0 Å². The SMILES string of the molecule is CN(C)C(=S)NNCc1ccccn1. The largest absolute Gasteiger partial charge is 0.354 e. The Hall–Kier alpha value is -1.20. The van der Waals surface area contributed by atoms with Crippen molar-refractivity contribution in [1.29, 1.82) is 0 Å². The third kappa shape index (κ3) is 3.68. The van der Waals surface area contributed by atoms with Crippen molar-refractivity contribution in [2.45, 2.75) is 6.54 Å². The Morgan fingerprint density at radius 2 is 2.29 bits per heavy atom. The fraction of sp³-hybridized carbons (Fsp3) is 0.333. The van der Waals surface area contributed by atoms with Crippen LogP contribution in [-0.4, -0.2) is 29.1 Å². The van der Waals surface area contributed by atoms with Crippen LogP contribution in [0.4, 0.5) is 0 Å². The zero-order valence-electron chi connectivity index (χ0n) is 8.32. The van der Waals surface area contributed by atoms with Crippen LogP contribution in [0.25, 0.3) is 0 Å². The second-order valence-corrected chi connectivity index (χ2v) is 3.39. The van der Waals surface area contributed by atoms with Crippen molar-refractivity contribution in [3.05, 3.63) is 30.1 Å². The second kappa shape index (κ2) is 5.51. The van der Waals surface area contributed by atoms with E-state index < -0.39 is 0 Å². The lowest BCUT2D eigenvalue weighted by Crippen LogP contribution is -2.42. The van der Waals surface area contributed by atoms with Gasteiger partial charge in [0.05, 0.1) is 12.2 Å². The summed E-state index contributed by atoms with van der Waals surface area (Å²) >= 11 is 5.03. The van der Waals surface area contributed by atoms with Gasteiger partial charge < -0.3 is 4.90 Å². The third-order valence-electron chi connectivity index (χ3n) is 1.60. The van der Waals surface area contributed by atoms with E-state index in [1.807, 2.05) is 37.2 Å². The highest BCUT2D eigenvalue weighted by Gasteiger charge is 1.96. The maximum Gasteiger partial charge on any atom is 0.182 e. The minimum atomic E-state index is 0.648. The molecular formula is C9H14N4S. The van der Waals surface area contributed by atoms with Crippen LogP contribution in [0.1, 0.15) is 5.69 Å². The number of nitrogens with one attached hydrogen (secondary N) is 2. The monoisotopic (exact) mass is 210 g/mol. The van der Waals surface area contributed by atoms with Gasteiger partial charge in [0.15, 0.2) is 5.11 Å². The van der Waals surface area contributed by atoms with Crippen LogP contribution in [0.2, 0.25) is 0 Å². The summed E-state index contributed by atoms with van der Waals surface area (Å²) in [5, 5.41) is 0.654. The van der Waals surface area contributed by atoms with Crippen LogP contribution < -0.4 is 10.9 Å². The molecule has 1 heterocycles. The number of aromatic nitrogens is 1. The molecular weight excluding hydrogens is 196 g/mol. The van der Waals surface area contributed by atoms with Gasteiger partial charge in [-0.2, -0.15) is 0 Å². The lowest BCUT2D eigenvalue weighted by Gasteiger charge is -2.15. The summed E-state index contributed by atoms with van der Waals surface area (Å²) in [7, 11) is 3.77. The van der Waals surface area contributed by atoms with Crippen molar-refractivity contribution < 1.29 is 0 Å². The third-order valence-corrected chi connectivity index (χ3v) is 2.06. The highest BCUT2D eigenvalue weighted by Crippen LogP contribution is 1.90. The van der Waals surface area contributed by atoms with Crippen LogP contribution in [-0.2, 0) is 6.54 Å². The minimum Gasteiger partial charge on any atom is -0.354 e. The number of hydrogen-bond acceptors (Lipinski definition) is 3. The first-order chi connectivity index (χ1) is 6.70. The zero-order valence-corrected chi connectivity index (χ0v) is 9.14. The van der Waals surface area contributed by atoms with E-state index in [-0.39, 0.29) is 0 Å². The number of hydrazine groups is 1. The lowest BCUT2D eigenvalue weighted by molar-refractivity contribution is 0.551. The number of nitrogens with zero attached hydrogens (tertiary/aromatic N) is 2. The Balaban J connectivity index is 2.26. The van der Waals surface area contributed by atoms with Crippen LogP contribution in [0.15, 0.2) is 24.4 Å². The van der Waals surface area contributed by atoms with Gasteiger partial charge in [-0.3, -0.25) is 10.4 Å². The molecule has 1 rings (SSSR count). The first-order valence-corrected chi connectivity index (χ1v) is 4.71. The standard InChI is InChI=1S/C9H14N4S/c1-13(2)9(14)12-11-7-8-5-3-4-6-10-8/h3-6,11H,7H2,1-2H3,(H,12,14). The van der Waals surface area contributed by atoms with E-state index >= 15 is 0 Å². The highest BCUT2D eigenvalue weighted by atomic mass is 32.1. The van der Waals surface area contributed by atoms with Gasteiger partial charge in [-0.05, 0) is 24.4 Å². The Morgan fingerprint density at radius 3 is 2.86 bits per heavy atom. The Morgan fingerprint density at radius 1 is 1.50 bits per heavy atom. The summed E-state index contributed by atoms with van der Waals surface area (Å²) in [6.45, 7) is 0.648. The van der Waals surface area contributed by atoms with Gasteiger partial charge in [-0.15, -0.1) is 0 Å². The highest BCUT2D eigenvalue weighted by molar-refractivity contribution is 7.80. The molecule has 0 amide bonds. The molecule has 0 fully saturated rings. The molecule has 0 unspecified atom stereocenters. The molecule has 0 saturated heterocycles. The molecule has 0 saturated carbocycles. The summed E-state index contributed by atoms with van der Waals surface area (Å²) < 4.78 is 0. The van der Waals surface area contributed by atoms with E-state index in [4.69, 9.17) is 12.2 Å². The van der Waals surface area contributed by atoms with Crippen molar-refractivity contribution in [3.63, 3.8) is 0 Å². The second-order valence-electron chi connectivity index (χ2n) is 3.00. The minimum absolute atomic E-state index is 0.648. The molecule has 0 aromatic carbocycles. The number of rotatable bonds is 3. The first-order valence-electron chi connectivity index (χ1n) is 4.30. The van der Waals surface area contributed by atoms with Crippen molar-refractivity contribution in [2.24, 2.45) is 0 Å². The van der Waals surface area contributed by atoms with Gasteiger partial charge >= 0.3 is 0 Å². The molecule has 0 bridgehead atoms. The number of pyridine rings is 1. The topological polar surface area (TPSA) is 40.2 Å². The fourth-order valence-corrected chi connectivity index (χ4v) is 0.897. The van der Waals surface area contributed by atoms with Crippen molar-refractivity contribution >= 4 is 17.3 Å². The van der Waals surface area contributed by atoms with Crippen molar-refractivity contribution in [2.75, 3.05) is 14.1 Å². The van der Waals surface area contributed by atoms with E-state index in [1.165, 1.54) is 0 Å². The van der Waals surface area contributed by atoms with Gasteiger partial charge in [0, 0.05) is 20.3 Å². The molecule has 0 spiro atoms. The molecule has 1 aromatic heterocycles. The van der Waals surface area contributed by atoms with Crippen LogP contribution in [0, 0.1) is 0 Å². The average molecular weight is 210 g/mol. The lowest BCUT2D eigenvalue weighted by atomic mass is 10.4. The van der Waals surface area contributed by atoms with Crippen molar-refractivity contribution in [1.82, 2.24) is 20.7 Å². The van der Waals surface area contributed by atoms with Crippen LogP contribution in [0.5, 0.6) is 0 Å². The summed E-state index contributed by atoms with van der Waals surface area (Å²) in [4.78, 5) is 5.98. The molecule has 0 radical (unpaired) electrons. The smallest absolute Gasteiger partial charge is 0.182 e. The Labute approximate surface area is 89.3 Å². The predicted octanol–water partition coefficient (Wildman–Crippen LogP) is 0.522. The molecule has 4 nitrogen and oxygen atoms in total. The predicted molar refractivity (Wildman–Crippen MR) is 60.5 cm³/mol. The maximum absolute atomic E-state index is 5.03. The van der Waals surface area contributed by atoms with Crippen LogP contribution >= 0.6 is 12.2 Å². The summed E-state index contributed by atoms with van der Waals surface area (Å²) in [5.41, 5.74) is 6.86. The molecule has 1 aromatic rings. The molecule has 5 heteroatoms. The normalized spacial score (nSPS) is 9.57. The quantitative estimate of drug-likeness (QED) is 0.562. The zero-order chi connectivity index (χ0) is 10.4. The molecule has 0 aliphatic carbocycles. The maximum atomic E-state index is 5.03. The Kier molecular flexibility index (Phi) is 4.28. The molecule has 2 N–H and O–H groups in total. The van der Waals surface area contributed by atoms with Gasteiger partial charge in [0.1, 0.15) is 0 Å².